The number of nitrogens with zero attached hydrogens (tertiary/aromatic N) is 4. The third-order valence-corrected chi connectivity index (χ3v) is 16.7. The Hall–Kier alpha value is -8.81. The van der Waals surface area contributed by atoms with Gasteiger partial charge in [-0.2, -0.15) is 0 Å². The first-order valence-electron chi connectivity index (χ1n) is 32.2. The zero-order valence-electron chi connectivity index (χ0n) is 54.4. The van der Waals surface area contributed by atoms with E-state index in [0.29, 0.717) is 53.2 Å². The van der Waals surface area contributed by atoms with Gasteiger partial charge in [0, 0.05) is 104 Å². The highest BCUT2D eigenvalue weighted by molar-refractivity contribution is 14.1. The van der Waals surface area contributed by atoms with E-state index < -0.39 is 147 Å². The Labute approximate surface area is 579 Å². The number of carbonyl (C=O) groups is 14. The number of benzene rings is 2. The normalized spacial score (nSPS) is 15.3. The SMILES string of the molecule is O=C(O)CC[C@H](NC(=O)N[C@@H](CCCCNC(=O)CCCCCCC(=O)NCCCC[C@@H](NC(=O)[C@@H](Cc1ccccc1)NC(=O)[C@@H](Cc1ccc(O)c(I)c1)NC(=O)CC[C@H](C(=O)O)N1CCN(CC(=O)O)CCN(CC(=O)O)CCN(CC(=O)O)CC1)C(=O)O)C(=O)O)C(=O)O. The van der Waals surface area contributed by atoms with Crippen LogP contribution in [-0.4, -0.2) is 270 Å². The summed E-state index contributed by atoms with van der Waals surface area (Å²) in [6.07, 6.45) is 1.73. The van der Waals surface area contributed by atoms with Crippen LogP contribution in [0.1, 0.15) is 114 Å². The quantitative estimate of drug-likeness (QED) is 0.0307. The molecule has 2 aromatic rings. The number of amides is 7. The van der Waals surface area contributed by atoms with E-state index in [1.807, 2.05) is 22.6 Å². The number of hydrogen-bond acceptors (Lipinski definition) is 19. The van der Waals surface area contributed by atoms with Gasteiger partial charge < -0.3 is 83.2 Å². The molecule has 0 unspecified atom stereocenters. The van der Waals surface area contributed by atoms with Crippen molar-refractivity contribution in [2.24, 2.45) is 0 Å². The van der Waals surface area contributed by atoms with Crippen molar-refractivity contribution in [3.63, 3.8) is 0 Å². The molecule has 1 aliphatic heterocycles. The summed E-state index contributed by atoms with van der Waals surface area (Å²) in [5.74, 6) is -13.5. The number of carbonyl (C=O) groups excluding carboxylic acids is 6. The lowest BCUT2D eigenvalue weighted by atomic mass is 10.0. The van der Waals surface area contributed by atoms with Gasteiger partial charge in [0.2, 0.25) is 29.5 Å². The third kappa shape index (κ3) is 35.4. The molecule has 3 rings (SSSR count). The lowest BCUT2D eigenvalue weighted by Gasteiger charge is -2.35. The molecule has 6 atom stereocenters. The molecule has 34 nitrogen and oxygen atoms in total. The number of aromatic hydroxyl groups is 1. The molecule has 98 heavy (non-hydrogen) atoms. The molecule has 544 valence electrons. The first kappa shape index (κ1) is 83.4. The number of phenolic OH excluding ortho intramolecular Hbond substituents is 1. The molecule has 0 bridgehead atoms. The van der Waals surface area contributed by atoms with E-state index in [1.54, 1.807) is 41.3 Å². The number of carboxylic acids is 8. The van der Waals surface area contributed by atoms with Gasteiger partial charge in [0.15, 0.2) is 0 Å². The van der Waals surface area contributed by atoms with Crippen LogP contribution in [0.15, 0.2) is 48.5 Å². The molecule has 7 amide bonds. The Kier molecular flexibility index (Phi) is 38.9. The molecular formula is C63H92IN11O23. The van der Waals surface area contributed by atoms with Gasteiger partial charge in [-0.05, 0) is 110 Å². The molecule has 1 saturated heterocycles. The van der Waals surface area contributed by atoms with Gasteiger partial charge in [-0.15, -0.1) is 0 Å². The lowest BCUT2D eigenvalue weighted by Crippen LogP contribution is -2.57. The Bertz CT molecular complexity index is 2970. The fraction of sp³-hybridized carbons (Fsp3) is 0.587. The van der Waals surface area contributed by atoms with Crippen molar-refractivity contribution in [3.8, 4) is 5.75 Å². The maximum absolute atomic E-state index is 14.5. The molecule has 1 heterocycles. The monoisotopic (exact) mass is 1500 g/mol. The molecule has 2 aromatic carbocycles. The molecule has 0 saturated carbocycles. The van der Waals surface area contributed by atoms with Crippen molar-refractivity contribution in [1.29, 1.82) is 0 Å². The summed E-state index contributed by atoms with van der Waals surface area (Å²) >= 11 is 1.87. The fourth-order valence-corrected chi connectivity index (χ4v) is 11.1. The number of aliphatic carboxylic acids is 8. The van der Waals surface area contributed by atoms with Crippen molar-refractivity contribution < 1.29 is 113 Å². The van der Waals surface area contributed by atoms with Crippen molar-refractivity contribution in [3.05, 3.63) is 63.2 Å². The van der Waals surface area contributed by atoms with Crippen LogP contribution in [0.5, 0.6) is 5.75 Å². The number of urea groups is 1. The Morgan fingerprint density at radius 3 is 1.27 bits per heavy atom. The molecule has 0 aliphatic carbocycles. The van der Waals surface area contributed by atoms with Crippen molar-refractivity contribution >= 4 is 106 Å². The summed E-state index contributed by atoms with van der Waals surface area (Å²) in [7, 11) is 0. The van der Waals surface area contributed by atoms with E-state index in [0.717, 1.165) is 0 Å². The van der Waals surface area contributed by atoms with E-state index in [-0.39, 0.29) is 141 Å². The van der Waals surface area contributed by atoms with Crippen LogP contribution in [0.2, 0.25) is 0 Å². The predicted octanol–water partition coefficient (Wildman–Crippen LogP) is 0.0138. The van der Waals surface area contributed by atoms with Crippen LogP contribution in [0.3, 0.4) is 0 Å². The average molecular weight is 1500 g/mol. The van der Waals surface area contributed by atoms with E-state index in [4.69, 9.17) is 5.11 Å². The zero-order valence-corrected chi connectivity index (χ0v) is 56.6. The number of carboxylic acid groups (broad SMARTS) is 8. The predicted molar refractivity (Wildman–Crippen MR) is 355 cm³/mol. The van der Waals surface area contributed by atoms with E-state index in [2.05, 4.69) is 37.2 Å². The molecule has 16 N–H and O–H groups in total. The van der Waals surface area contributed by atoms with Crippen LogP contribution >= 0.6 is 22.6 Å². The highest BCUT2D eigenvalue weighted by Gasteiger charge is 2.33. The van der Waals surface area contributed by atoms with Crippen molar-refractivity contribution in [1.82, 2.24) is 56.8 Å². The van der Waals surface area contributed by atoms with Crippen molar-refractivity contribution in [2.75, 3.05) is 85.1 Å². The highest BCUT2D eigenvalue weighted by Crippen LogP contribution is 2.22. The van der Waals surface area contributed by atoms with Gasteiger partial charge in [-0.25, -0.2) is 19.2 Å². The van der Waals surface area contributed by atoms with Crippen LogP contribution in [0.25, 0.3) is 0 Å². The van der Waals surface area contributed by atoms with Crippen LogP contribution in [0, 0.1) is 3.57 Å². The second kappa shape index (κ2) is 45.6. The summed E-state index contributed by atoms with van der Waals surface area (Å²) in [5, 5.41) is 105. The fourth-order valence-electron chi connectivity index (χ4n) is 10.5. The third-order valence-electron chi connectivity index (χ3n) is 15.8. The molecule has 0 spiro atoms. The van der Waals surface area contributed by atoms with Gasteiger partial charge in [0.1, 0.15) is 42.0 Å². The smallest absolute Gasteiger partial charge is 0.326 e. The maximum atomic E-state index is 14.5. The summed E-state index contributed by atoms with van der Waals surface area (Å²) in [5.41, 5.74) is 1.03. The first-order chi connectivity index (χ1) is 46.5. The van der Waals surface area contributed by atoms with E-state index in [1.165, 1.54) is 26.8 Å². The van der Waals surface area contributed by atoms with Gasteiger partial charge >= 0.3 is 53.8 Å². The highest BCUT2D eigenvalue weighted by atomic mass is 127. The van der Waals surface area contributed by atoms with Crippen LogP contribution in [-0.2, 0) is 75.2 Å². The minimum absolute atomic E-state index is 0.00521. The Morgan fingerprint density at radius 2 is 0.827 bits per heavy atom. The minimum Gasteiger partial charge on any atom is -0.507 e. The summed E-state index contributed by atoms with van der Waals surface area (Å²) < 4.78 is 0.401. The summed E-state index contributed by atoms with van der Waals surface area (Å²) in [6.45, 7) is -0.677. The Morgan fingerprint density at radius 1 is 0.398 bits per heavy atom. The molecule has 0 radical (unpaired) electrons. The average Bonchev–Trinajstić information content (AvgIpc) is 0.861. The molecule has 1 fully saturated rings. The van der Waals surface area contributed by atoms with E-state index >= 15 is 0 Å². The Balaban J connectivity index is 1.58. The van der Waals surface area contributed by atoms with Crippen molar-refractivity contribution in [2.45, 2.75) is 152 Å². The molecular weight excluding hydrogens is 1410 g/mol. The van der Waals surface area contributed by atoms with Gasteiger partial charge in [-0.3, -0.25) is 67.5 Å². The van der Waals surface area contributed by atoms with Gasteiger partial charge in [0.05, 0.1) is 23.2 Å². The zero-order chi connectivity index (χ0) is 72.7. The number of hydrogen-bond donors (Lipinski definition) is 16. The van der Waals surface area contributed by atoms with Crippen LogP contribution < -0.4 is 37.2 Å². The largest absolute Gasteiger partial charge is 0.507 e. The molecule has 1 aliphatic rings. The second-order valence-electron chi connectivity index (χ2n) is 23.6. The van der Waals surface area contributed by atoms with E-state index in [9.17, 15) is 108 Å². The summed E-state index contributed by atoms with van der Waals surface area (Å²) in [6, 6.07) is 3.22. The van der Waals surface area contributed by atoms with Crippen LogP contribution in [0.4, 0.5) is 4.79 Å². The van der Waals surface area contributed by atoms with Gasteiger partial charge in [-0.1, -0.05) is 49.2 Å². The maximum Gasteiger partial charge on any atom is 0.326 e. The van der Waals surface area contributed by atoms with Gasteiger partial charge in [0.25, 0.3) is 0 Å². The standard InChI is InChI=1S/C63H92IN11O23/c64-42-34-41(18-21-49(42)76)36-46(67-52(79)22-20-48(62(96)97)75-32-30-73(38-55(84)85)28-26-72(37-54(82)83)27-29-74(31-33-75)39-56(86)87)57(88)69-47(35-40-12-4-3-5-13-40)58(89)68-43(59(90)91)14-8-10-24-65-50(77)16-6-1-2-7-17-51(78)66-25-11-9-15-44(60(92)93)70-63(98)71-45(61(94)95)19-23-53(80)81/h3-5,12-13,18,21,34,43-48,76H,1-2,6-11,14-17,19-20,22-33,35-39H2,(H,65,77)(H,66,78)(H,67,79)(H,68,89)(H,69,88)(H,80,81)(H,82,83)(H,84,85)(H,86,87)(H,90,91)(H,92,93)(H,94,95)(H,96,97)(H2,70,71,98)/t43-,44+,45+,46-,47-,48-/m1/s1. The number of rotatable bonds is 45. The second-order valence-corrected chi connectivity index (χ2v) is 24.8. The number of nitrogens with one attached hydrogen (secondary N) is 7. The summed E-state index contributed by atoms with van der Waals surface area (Å²) in [4.78, 5) is 181. The number of unbranched alkanes of at least 4 members (excludes halogenated alkanes) is 5. The minimum atomic E-state index is -1.54. The topological polar surface area (TPSA) is 518 Å². The molecule has 35 heteroatoms. The number of halogens is 1. The first-order valence-corrected chi connectivity index (χ1v) is 33.3. The molecule has 0 aromatic heterocycles. The lowest BCUT2D eigenvalue weighted by molar-refractivity contribution is -0.145. The number of phenols is 1.